The van der Waals surface area contributed by atoms with Gasteiger partial charge in [0.05, 0.1) is 23.0 Å². The number of halogens is 1. The molecule has 0 aliphatic carbocycles. The highest BCUT2D eigenvalue weighted by molar-refractivity contribution is 6.31. The molecule has 1 aromatic rings. The number of nitrogens with zero attached hydrogens (tertiary/aromatic N) is 2. The Kier molecular flexibility index (Phi) is 6.63. The third-order valence-electron chi connectivity index (χ3n) is 2.85. The second-order valence-electron chi connectivity index (χ2n) is 4.33. The molecule has 0 aliphatic heterocycles. The molecule has 1 heterocycles. The highest BCUT2D eigenvalue weighted by atomic mass is 35.5. The fraction of sp³-hybridized carbons (Fsp3) is 0.750. The molecule has 1 aromatic heterocycles. The summed E-state index contributed by atoms with van der Waals surface area (Å²) in [6, 6.07) is 0.0501. The van der Waals surface area contributed by atoms with E-state index in [1.807, 2.05) is 18.7 Å². The molecule has 1 rings (SSSR count). The zero-order valence-corrected chi connectivity index (χ0v) is 12.1. The van der Waals surface area contributed by atoms with Gasteiger partial charge in [0.15, 0.2) is 0 Å². The van der Waals surface area contributed by atoms with Gasteiger partial charge in [0.1, 0.15) is 0 Å². The van der Waals surface area contributed by atoms with E-state index in [1.54, 1.807) is 0 Å². The normalized spacial score (nSPS) is 12.9. The highest BCUT2D eigenvalue weighted by Gasteiger charge is 2.17. The molecule has 1 unspecified atom stereocenters. The Hall–Kier alpha value is -0.620. The lowest BCUT2D eigenvalue weighted by Gasteiger charge is -2.16. The maximum absolute atomic E-state index is 6.30. The highest BCUT2D eigenvalue weighted by Crippen LogP contribution is 2.22. The van der Waals surface area contributed by atoms with E-state index in [-0.39, 0.29) is 6.04 Å². The molecule has 0 amide bonds. The lowest BCUT2D eigenvalue weighted by molar-refractivity contribution is 0.111. The number of nitrogens with two attached hydrogens (primary N) is 1. The lowest BCUT2D eigenvalue weighted by Crippen LogP contribution is -2.40. The second kappa shape index (κ2) is 7.74. The molecular weight excluding hydrogens is 252 g/mol. The van der Waals surface area contributed by atoms with Crippen LogP contribution < -0.4 is 11.3 Å². The number of hydrazine groups is 1. The topological polar surface area (TPSA) is 65.1 Å². The first kappa shape index (κ1) is 15.4. The van der Waals surface area contributed by atoms with Gasteiger partial charge in [0.2, 0.25) is 0 Å². The van der Waals surface area contributed by atoms with Crippen molar-refractivity contribution in [1.82, 2.24) is 15.2 Å². The summed E-state index contributed by atoms with van der Waals surface area (Å²) in [5.74, 6) is 5.54. The average molecular weight is 275 g/mol. The molecule has 1 atom stereocenters. The predicted octanol–water partition coefficient (Wildman–Crippen LogP) is 1.44. The van der Waals surface area contributed by atoms with Crippen LogP contribution >= 0.6 is 11.6 Å². The first-order valence-electron chi connectivity index (χ1n) is 6.38. The molecule has 18 heavy (non-hydrogen) atoms. The maximum Gasteiger partial charge on any atom is 0.0850 e. The van der Waals surface area contributed by atoms with Gasteiger partial charge < -0.3 is 4.74 Å². The van der Waals surface area contributed by atoms with Crippen LogP contribution in [0.3, 0.4) is 0 Å². The summed E-state index contributed by atoms with van der Waals surface area (Å²) in [6.45, 7) is 5.45. The van der Waals surface area contributed by atoms with Gasteiger partial charge >= 0.3 is 0 Å². The Morgan fingerprint density at radius 2 is 2.22 bits per heavy atom. The van der Waals surface area contributed by atoms with E-state index in [9.17, 15) is 0 Å². The van der Waals surface area contributed by atoms with Gasteiger partial charge in [-0.1, -0.05) is 25.4 Å². The van der Waals surface area contributed by atoms with Gasteiger partial charge in [-0.05, 0) is 12.8 Å². The number of aromatic nitrogens is 2. The number of rotatable bonds is 8. The molecule has 0 radical (unpaired) electrons. The summed E-state index contributed by atoms with van der Waals surface area (Å²) < 4.78 is 7.33. The molecule has 3 N–H and O–H groups in total. The summed E-state index contributed by atoms with van der Waals surface area (Å²) >= 11 is 6.30. The minimum Gasteiger partial charge on any atom is -0.380 e. The molecular formula is C12H23ClN4O. The Bertz CT molecular complexity index is 367. The summed E-state index contributed by atoms with van der Waals surface area (Å²) in [4.78, 5) is 0. The first-order valence-corrected chi connectivity index (χ1v) is 6.75. The summed E-state index contributed by atoms with van der Waals surface area (Å²) in [7, 11) is 1.90. The van der Waals surface area contributed by atoms with Crippen LogP contribution in [0, 0.1) is 0 Å². The minimum atomic E-state index is 0.0501. The molecule has 0 spiro atoms. The van der Waals surface area contributed by atoms with Crippen LogP contribution in [0.1, 0.15) is 31.7 Å². The van der Waals surface area contributed by atoms with Crippen molar-refractivity contribution in [2.75, 3.05) is 13.2 Å². The molecule has 0 fully saturated rings. The van der Waals surface area contributed by atoms with E-state index >= 15 is 0 Å². The Morgan fingerprint density at radius 1 is 1.50 bits per heavy atom. The van der Waals surface area contributed by atoms with Crippen molar-refractivity contribution in [2.24, 2.45) is 12.9 Å². The van der Waals surface area contributed by atoms with Crippen LogP contribution in [0.15, 0.2) is 0 Å². The second-order valence-corrected chi connectivity index (χ2v) is 4.71. The Morgan fingerprint density at radius 3 is 2.72 bits per heavy atom. The Balaban J connectivity index is 2.66. The number of ether oxygens (including phenoxy) is 1. The standard InChI is InChI=1S/C12H23ClN4O/c1-4-6-18-8-9(15-14)7-11-12(13)10(5-2)16-17(11)3/h9,15H,4-8,14H2,1-3H3. The van der Waals surface area contributed by atoms with Crippen molar-refractivity contribution in [3.8, 4) is 0 Å². The predicted molar refractivity (Wildman–Crippen MR) is 73.5 cm³/mol. The largest absolute Gasteiger partial charge is 0.380 e. The smallest absolute Gasteiger partial charge is 0.0850 e. The van der Waals surface area contributed by atoms with Crippen molar-refractivity contribution in [1.29, 1.82) is 0 Å². The third-order valence-corrected chi connectivity index (χ3v) is 3.28. The van der Waals surface area contributed by atoms with E-state index in [1.165, 1.54) is 0 Å². The SMILES string of the molecule is CCCOCC(Cc1c(Cl)c(CC)nn1C)NN. The van der Waals surface area contributed by atoms with Gasteiger partial charge in [-0.25, -0.2) is 0 Å². The third kappa shape index (κ3) is 3.95. The molecule has 0 aliphatic rings. The summed E-state index contributed by atoms with van der Waals surface area (Å²) in [5, 5.41) is 5.13. The molecule has 0 aromatic carbocycles. The van der Waals surface area contributed by atoms with Crippen molar-refractivity contribution in [3.63, 3.8) is 0 Å². The lowest BCUT2D eigenvalue weighted by atomic mass is 10.1. The minimum absolute atomic E-state index is 0.0501. The van der Waals surface area contributed by atoms with E-state index in [0.29, 0.717) is 13.0 Å². The van der Waals surface area contributed by atoms with Crippen molar-refractivity contribution in [2.45, 2.75) is 39.2 Å². The fourth-order valence-electron chi connectivity index (χ4n) is 1.81. The van der Waals surface area contributed by atoms with Crippen molar-refractivity contribution >= 4 is 11.6 Å². The van der Waals surface area contributed by atoms with Crippen LogP contribution in [0.2, 0.25) is 5.02 Å². The zero-order valence-electron chi connectivity index (χ0n) is 11.4. The first-order chi connectivity index (χ1) is 8.63. The summed E-state index contributed by atoms with van der Waals surface area (Å²) in [5.41, 5.74) is 4.69. The van der Waals surface area contributed by atoms with Crippen LogP contribution in [-0.4, -0.2) is 29.0 Å². The number of nitrogens with one attached hydrogen (secondary N) is 1. The van der Waals surface area contributed by atoms with Crippen LogP contribution in [0.25, 0.3) is 0 Å². The maximum atomic E-state index is 6.30. The molecule has 104 valence electrons. The van der Waals surface area contributed by atoms with E-state index < -0.39 is 0 Å². The fourth-order valence-corrected chi connectivity index (χ4v) is 2.18. The van der Waals surface area contributed by atoms with Gasteiger partial charge in [-0.3, -0.25) is 16.0 Å². The molecule has 0 bridgehead atoms. The quantitative estimate of drug-likeness (QED) is 0.428. The number of aryl methyl sites for hydroxylation is 2. The van der Waals surface area contributed by atoms with E-state index in [4.69, 9.17) is 22.2 Å². The molecule has 0 saturated carbocycles. The molecule has 5 nitrogen and oxygen atoms in total. The van der Waals surface area contributed by atoms with Crippen molar-refractivity contribution in [3.05, 3.63) is 16.4 Å². The number of hydrogen-bond acceptors (Lipinski definition) is 4. The molecule has 6 heteroatoms. The van der Waals surface area contributed by atoms with Crippen LogP contribution in [0.4, 0.5) is 0 Å². The molecule has 0 saturated heterocycles. The van der Waals surface area contributed by atoms with Crippen LogP contribution in [-0.2, 0) is 24.6 Å². The van der Waals surface area contributed by atoms with Gasteiger partial charge in [-0.15, -0.1) is 0 Å². The monoisotopic (exact) mass is 274 g/mol. The van der Waals surface area contributed by atoms with Gasteiger partial charge in [0, 0.05) is 26.1 Å². The van der Waals surface area contributed by atoms with Crippen LogP contribution in [0.5, 0.6) is 0 Å². The Labute approximate surface area is 114 Å². The van der Waals surface area contributed by atoms with Gasteiger partial charge in [0.25, 0.3) is 0 Å². The van der Waals surface area contributed by atoms with Gasteiger partial charge in [-0.2, -0.15) is 5.10 Å². The number of hydrogen-bond donors (Lipinski definition) is 2. The summed E-state index contributed by atoms with van der Waals surface area (Å²) in [6.07, 6.45) is 2.55. The van der Waals surface area contributed by atoms with E-state index in [2.05, 4.69) is 17.4 Å². The van der Waals surface area contributed by atoms with E-state index in [0.717, 1.165) is 35.9 Å². The zero-order chi connectivity index (χ0) is 13.5. The van der Waals surface area contributed by atoms with Crippen molar-refractivity contribution < 1.29 is 4.74 Å². The average Bonchev–Trinajstić information content (AvgIpc) is 2.64.